The molecule has 0 aromatic carbocycles. The van der Waals surface area contributed by atoms with Gasteiger partial charge in [-0.15, -0.1) is 0 Å². The van der Waals surface area contributed by atoms with E-state index in [-0.39, 0.29) is 12.0 Å². The third kappa shape index (κ3) is 4.35. The molecule has 0 spiro atoms. The summed E-state index contributed by atoms with van der Waals surface area (Å²) in [5.74, 6) is 2.00. The largest absolute Gasteiger partial charge is 0.478 e. The normalized spacial score (nSPS) is 19.2. The van der Waals surface area contributed by atoms with Crippen LogP contribution < -0.4 is 9.64 Å². The van der Waals surface area contributed by atoms with Gasteiger partial charge in [0.25, 0.3) is 5.91 Å². The van der Waals surface area contributed by atoms with Gasteiger partial charge < -0.3 is 19.3 Å². The molecule has 0 bridgehead atoms. The van der Waals surface area contributed by atoms with E-state index in [2.05, 4.69) is 14.9 Å². The summed E-state index contributed by atoms with van der Waals surface area (Å²) in [5, 5.41) is 0. The molecular weight excluding hydrogens is 308 g/mol. The molecule has 1 saturated carbocycles. The molecule has 2 aliphatic rings. The molecule has 2 heterocycles. The van der Waals surface area contributed by atoms with Crippen LogP contribution in [-0.2, 0) is 9.53 Å². The van der Waals surface area contributed by atoms with Crippen molar-refractivity contribution >= 4 is 11.9 Å². The lowest BCUT2D eigenvalue weighted by atomic mass is 10.2. The Bertz CT molecular complexity index is 557. The van der Waals surface area contributed by atoms with Crippen molar-refractivity contribution in [2.24, 2.45) is 5.92 Å². The second kappa shape index (κ2) is 7.79. The lowest BCUT2D eigenvalue weighted by molar-refractivity contribution is -0.143. The fraction of sp³-hybridized carbons (Fsp3) is 0.706. The minimum atomic E-state index is -0.352. The van der Waals surface area contributed by atoms with E-state index in [0.717, 1.165) is 13.1 Å². The van der Waals surface area contributed by atoms with Gasteiger partial charge in [-0.1, -0.05) is 0 Å². The molecular formula is C17H26N4O3. The molecule has 1 aromatic rings. The van der Waals surface area contributed by atoms with Crippen LogP contribution in [0.5, 0.6) is 5.88 Å². The zero-order valence-corrected chi connectivity index (χ0v) is 14.5. The zero-order chi connectivity index (χ0) is 16.9. The summed E-state index contributed by atoms with van der Waals surface area (Å²) in [6.07, 6.45) is 3.83. The molecule has 7 heteroatoms. The summed E-state index contributed by atoms with van der Waals surface area (Å²) in [6, 6.07) is 1.76. The van der Waals surface area contributed by atoms with Crippen LogP contribution in [0, 0.1) is 5.92 Å². The molecule has 7 nitrogen and oxygen atoms in total. The van der Waals surface area contributed by atoms with E-state index in [1.807, 2.05) is 18.7 Å². The smallest absolute Gasteiger partial charge is 0.251 e. The summed E-state index contributed by atoms with van der Waals surface area (Å²) < 4.78 is 11.1. The maximum Gasteiger partial charge on any atom is 0.251 e. The van der Waals surface area contributed by atoms with Gasteiger partial charge in [0.2, 0.25) is 11.8 Å². The standard InChI is InChI=1S/C17H26N4O3/c1-3-23-15-6-7-18-17(19-15)21-10-8-20(9-11-21)16(22)13(2)24-12-14-4-5-14/h6-7,13-14H,3-5,8-12H2,1-2H3/t13-/m0/s1. The number of amides is 1. The van der Waals surface area contributed by atoms with E-state index in [9.17, 15) is 4.79 Å². The molecule has 2 fully saturated rings. The first-order valence-electron chi connectivity index (χ1n) is 8.78. The number of piperazine rings is 1. The van der Waals surface area contributed by atoms with Gasteiger partial charge in [-0.05, 0) is 32.6 Å². The third-order valence-electron chi connectivity index (χ3n) is 4.41. The first-order valence-corrected chi connectivity index (χ1v) is 8.78. The molecule has 0 N–H and O–H groups in total. The Labute approximate surface area is 143 Å². The fourth-order valence-electron chi connectivity index (χ4n) is 2.73. The first kappa shape index (κ1) is 17.0. The average molecular weight is 334 g/mol. The Morgan fingerprint density at radius 1 is 1.33 bits per heavy atom. The molecule has 1 saturated heterocycles. The molecule has 1 aromatic heterocycles. The molecule has 132 valence electrons. The number of aromatic nitrogens is 2. The van der Waals surface area contributed by atoms with E-state index in [4.69, 9.17) is 9.47 Å². The van der Waals surface area contributed by atoms with Crippen LogP contribution in [0.1, 0.15) is 26.7 Å². The van der Waals surface area contributed by atoms with E-state index in [1.54, 1.807) is 12.3 Å². The number of hydrogen-bond donors (Lipinski definition) is 0. The van der Waals surface area contributed by atoms with Gasteiger partial charge in [-0.25, -0.2) is 4.98 Å². The van der Waals surface area contributed by atoms with Crippen molar-refractivity contribution in [2.75, 3.05) is 44.3 Å². The monoisotopic (exact) mass is 334 g/mol. The van der Waals surface area contributed by atoms with Gasteiger partial charge in [0, 0.05) is 38.4 Å². The van der Waals surface area contributed by atoms with Crippen LogP contribution in [0.3, 0.4) is 0 Å². The van der Waals surface area contributed by atoms with E-state index in [0.29, 0.717) is 44.0 Å². The number of carbonyl (C=O) groups is 1. The fourth-order valence-corrected chi connectivity index (χ4v) is 2.73. The maximum atomic E-state index is 12.4. The van der Waals surface area contributed by atoms with Crippen LogP contribution >= 0.6 is 0 Å². The highest BCUT2D eigenvalue weighted by molar-refractivity contribution is 5.80. The highest BCUT2D eigenvalue weighted by Crippen LogP contribution is 2.29. The Hall–Kier alpha value is -1.89. The summed E-state index contributed by atoms with van der Waals surface area (Å²) in [6.45, 7) is 7.84. The van der Waals surface area contributed by atoms with Crippen LogP contribution in [0.2, 0.25) is 0 Å². The van der Waals surface area contributed by atoms with Crippen molar-refractivity contribution in [3.8, 4) is 5.88 Å². The number of rotatable bonds is 7. The van der Waals surface area contributed by atoms with Gasteiger partial charge in [0.1, 0.15) is 6.10 Å². The highest BCUT2D eigenvalue weighted by atomic mass is 16.5. The molecule has 1 aliphatic carbocycles. The predicted octanol–water partition coefficient (Wildman–Crippen LogP) is 1.34. The summed E-state index contributed by atoms with van der Waals surface area (Å²) in [7, 11) is 0. The number of anilines is 1. The molecule has 1 amide bonds. The second-order valence-corrected chi connectivity index (χ2v) is 6.36. The van der Waals surface area contributed by atoms with E-state index in [1.165, 1.54) is 12.8 Å². The van der Waals surface area contributed by atoms with Crippen molar-refractivity contribution in [1.82, 2.24) is 14.9 Å². The molecule has 3 rings (SSSR count). The molecule has 1 aliphatic heterocycles. The molecule has 1 atom stereocenters. The van der Waals surface area contributed by atoms with E-state index >= 15 is 0 Å². The number of hydrogen-bond acceptors (Lipinski definition) is 6. The van der Waals surface area contributed by atoms with Gasteiger partial charge >= 0.3 is 0 Å². The minimum Gasteiger partial charge on any atom is -0.478 e. The lowest BCUT2D eigenvalue weighted by Crippen LogP contribution is -2.52. The van der Waals surface area contributed by atoms with Crippen molar-refractivity contribution in [1.29, 1.82) is 0 Å². The van der Waals surface area contributed by atoms with Crippen LogP contribution in [0.15, 0.2) is 12.3 Å². The van der Waals surface area contributed by atoms with Gasteiger partial charge in [-0.2, -0.15) is 4.98 Å². The highest BCUT2D eigenvalue weighted by Gasteiger charge is 2.28. The zero-order valence-electron chi connectivity index (χ0n) is 14.5. The van der Waals surface area contributed by atoms with E-state index < -0.39 is 0 Å². The summed E-state index contributed by atoms with van der Waals surface area (Å²) in [4.78, 5) is 25.1. The molecule has 24 heavy (non-hydrogen) atoms. The van der Waals surface area contributed by atoms with Crippen LogP contribution in [-0.4, -0.2) is 66.3 Å². The topological polar surface area (TPSA) is 67.8 Å². The van der Waals surface area contributed by atoms with Crippen LogP contribution in [0.4, 0.5) is 5.95 Å². The summed E-state index contributed by atoms with van der Waals surface area (Å²) >= 11 is 0. The van der Waals surface area contributed by atoms with Crippen molar-refractivity contribution in [3.05, 3.63) is 12.3 Å². The average Bonchev–Trinajstić information content (AvgIpc) is 3.44. The Kier molecular flexibility index (Phi) is 5.50. The van der Waals surface area contributed by atoms with Crippen molar-refractivity contribution in [3.63, 3.8) is 0 Å². The SMILES string of the molecule is CCOc1ccnc(N2CCN(C(=O)[C@H](C)OCC3CC3)CC2)n1. The molecule has 0 radical (unpaired) electrons. The van der Waals surface area contributed by atoms with Crippen LogP contribution in [0.25, 0.3) is 0 Å². The van der Waals surface area contributed by atoms with Gasteiger partial charge in [0.05, 0.1) is 13.2 Å². The first-order chi connectivity index (χ1) is 11.7. The Morgan fingerprint density at radius 3 is 2.75 bits per heavy atom. The van der Waals surface area contributed by atoms with Crippen molar-refractivity contribution in [2.45, 2.75) is 32.8 Å². The number of nitrogens with zero attached hydrogens (tertiary/aromatic N) is 4. The quantitative estimate of drug-likeness (QED) is 0.750. The molecule has 0 unspecified atom stereocenters. The lowest BCUT2D eigenvalue weighted by Gasteiger charge is -2.35. The number of carbonyl (C=O) groups excluding carboxylic acids is 1. The Balaban J connectivity index is 1.49. The van der Waals surface area contributed by atoms with Crippen molar-refractivity contribution < 1.29 is 14.3 Å². The third-order valence-corrected chi connectivity index (χ3v) is 4.41. The van der Waals surface area contributed by atoms with Gasteiger partial charge in [0.15, 0.2) is 0 Å². The second-order valence-electron chi connectivity index (χ2n) is 6.36. The predicted molar refractivity (Wildman–Crippen MR) is 90.1 cm³/mol. The Morgan fingerprint density at radius 2 is 2.08 bits per heavy atom. The maximum absolute atomic E-state index is 12.4. The summed E-state index contributed by atoms with van der Waals surface area (Å²) in [5.41, 5.74) is 0. The van der Waals surface area contributed by atoms with Gasteiger partial charge in [-0.3, -0.25) is 4.79 Å². The minimum absolute atomic E-state index is 0.0827. The number of ether oxygens (including phenoxy) is 2.